The molecular weight excluding hydrogens is 379 g/mol. The minimum atomic E-state index is -0.795. The van der Waals surface area contributed by atoms with Crippen molar-refractivity contribution in [1.82, 2.24) is 10.1 Å². The Labute approximate surface area is 167 Å². The molecule has 0 radical (unpaired) electrons. The van der Waals surface area contributed by atoms with Gasteiger partial charge in [0, 0.05) is 5.56 Å². The predicted octanol–water partition coefficient (Wildman–Crippen LogP) is 4.51. The maximum atomic E-state index is 13.8. The van der Waals surface area contributed by atoms with Crippen molar-refractivity contribution in [2.75, 3.05) is 13.7 Å². The summed E-state index contributed by atoms with van der Waals surface area (Å²) in [6.07, 6.45) is -0.795. The summed E-state index contributed by atoms with van der Waals surface area (Å²) in [7, 11) is 1.52. The van der Waals surface area contributed by atoms with Crippen LogP contribution in [0, 0.1) is 12.7 Å². The normalized spacial score (nSPS) is 11.8. The highest BCUT2D eigenvalue weighted by atomic mass is 19.1. The fraction of sp³-hybridized carbons (Fsp3) is 0.286. The average molecular weight is 400 g/mol. The Morgan fingerprint density at radius 2 is 2.00 bits per heavy atom. The van der Waals surface area contributed by atoms with Crippen molar-refractivity contribution in [3.63, 3.8) is 0 Å². The molecule has 0 saturated heterocycles. The zero-order chi connectivity index (χ0) is 21.0. The third-order valence-electron chi connectivity index (χ3n) is 4.20. The van der Waals surface area contributed by atoms with Gasteiger partial charge in [0.1, 0.15) is 5.82 Å². The van der Waals surface area contributed by atoms with Crippen molar-refractivity contribution in [2.45, 2.75) is 26.9 Å². The summed E-state index contributed by atoms with van der Waals surface area (Å²) in [6.45, 7) is 5.53. The molecule has 8 heteroatoms. The van der Waals surface area contributed by atoms with Gasteiger partial charge in [0.2, 0.25) is 5.82 Å². The molecule has 1 unspecified atom stereocenters. The van der Waals surface area contributed by atoms with Gasteiger partial charge in [-0.1, -0.05) is 17.3 Å². The molecule has 29 heavy (non-hydrogen) atoms. The molecule has 3 aromatic rings. The lowest BCUT2D eigenvalue weighted by Gasteiger charge is -2.12. The number of rotatable bonds is 7. The molecule has 0 aliphatic heterocycles. The lowest BCUT2D eigenvalue weighted by molar-refractivity contribution is 0.0265. The van der Waals surface area contributed by atoms with Gasteiger partial charge in [-0.05, 0) is 50.6 Å². The van der Waals surface area contributed by atoms with Crippen molar-refractivity contribution < 1.29 is 27.9 Å². The first-order valence-corrected chi connectivity index (χ1v) is 9.04. The van der Waals surface area contributed by atoms with E-state index in [9.17, 15) is 9.18 Å². The van der Waals surface area contributed by atoms with Crippen molar-refractivity contribution in [3.05, 3.63) is 59.2 Å². The minimum absolute atomic E-state index is 0.105. The molecule has 1 aromatic heterocycles. The summed E-state index contributed by atoms with van der Waals surface area (Å²) >= 11 is 0. The van der Waals surface area contributed by atoms with Gasteiger partial charge >= 0.3 is 5.97 Å². The van der Waals surface area contributed by atoms with E-state index in [1.807, 2.05) is 6.92 Å². The Bertz CT molecular complexity index is 1020. The number of carbonyl (C=O) groups is 1. The van der Waals surface area contributed by atoms with Gasteiger partial charge in [0.15, 0.2) is 17.6 Å². The van der Waals surface area contributed by atoms with Crippen LogP contribution in [0.15, 0.2) is 40.9 Å². The maximum absolute atomic E-state index is 13.8. The first-order chi connectivity index (χ1) is 13.9. The van der Waals surface area contributed by atoms with Gasteiger partial charge in [-0.2, -0.15) is 4.98 Å². The molecule has 0 fully saturated rings. The van der Waals surface area contributed by atoms with Crippen LogP contribution in [0.5, 0.6) is 11.5 Å². The van der Waals surface area contributed by atoms with Gasteiger partial charge in [0.25, 0.3) is 5.89 Å². The quantitative estimate of drug-likeness (QED) is 0.540. The SMILES string of the molecule is CCOc1cc(C(=O)OC(C)c2nc(-c3ccc(C)c(F)c3)no2)ccc1OC. The summed E-state index contributed by atoms with van der Waals surface area (Å²) < 4.78 is 35.0. The number of ether oxygens (including phenoxy) is 3. The number of nitrogens with zero attached hydrogens (tertiary/aromatic N) is 2. The second-order valence-corrected chi connectivity index (χ2v) is 6.27. The molecule has 3 rings (SSSR count). The lowest BCUT2D eigenvalue weighted by Crippen LogP contribution is -2.10. The standard InChI is InChI=1S/C21H21FN2O5/c1-5-27-18-11-15(8-9-17(18)26-4)21(25)28-13(3)20-23-19(24-29-20)14-7-6-12(2)16(22)10-14/h6-11,13H,5H2,1-4H3. The van der Waals surface area contributed by atoms with E-state index in [0.29, 0.717) is 34.8 Å². The molecule has 2 aromatic carbocycles. The summed E-state index contributed by atoms with van der Waals surface area (Å²) in [6, 6.07) is 9.40. The van der Waals surface area contributed by atoms with Crippen LogP contribution in [-0.4, -0.2) is 29.8 Å². The van der Waals surface area contributed by atoms with E-state index >= 15 is 0 Å². The Hall–Kier alpha value is -3.42. The number of hydrogen-bond acceptors (Lipinski definition) is 7. The van der Waals surface area contributed by atoms with E-state index in [-0.39, 0.29) is 17.5 Å². The van der Waals surface area contributed by atoms with Crippen LogP contribution >= 0.6 is 0 Å². The van der Waals surface area contributed by atoms with Crippen molar-refractivity contribution in [2.24, 2.45) is 0 Å². The average Bonchev–Trinajstić information content (AvgIpc) is 3.20. The third-order valence-corrected chi connectivity index (χ3v) is 4.20. The Kier molecular flexibility index (Phi) is 6.11. The zero-order valence-electron chi connectivity index (χ0n) is 16.6. The number of carbonyl (C=O) groups excluding carboxylic acids is 1. The zero-order valence-corrected chi connectivity index (χ0v) is 16.6. The van der Waals surface area contributed by atoms with Gasteiger partial charge in [-0.25, -0.2) is 9.18 Å². The number of benzene rings is 2. The fourth-order valence-electron chi connectivity index (χ4n) is 2.60. The van der Waals surface area contributed by atoms with Crippen molar-refractivity contribution >= 4 is 5.97 Å². The molecule has 0 aliphatic rings. The molecule has 7 nitrogen and oxygen atoms in total. The highest BCUT2D eigenvalue weighted by Crippen LogP contribution is 2.29. The molecule has 0 aliphatic carbocycles. The van der Waals surface area contributed by atoms with Crippen LogP contribution in [0.25, 0.3) is 11.4 Å². The first kappa shape index (κ1) is 20.3. The maximum Gasteiger partial charge on any atom is 0.339 e. The van der Waals surface area contributed by atoms with Crippen LogP contribution in [0.1, 0.15) is 41.8 Å². The molecule has 0 amide bonds. The second-order valence-electron chi connectivity index (χ2n) is 6.27. The van der Waals surface area contributed by atoms with Crippen molar-refractivity contribution in [1.29, 1.82) is 0 Å². The fourth-order valence-corrected chi connectivity index (χ4v) is 2.60. The summed E-state index contributed by atoms with van der Waals surface area (Å²) in [5, 5.41) is 3.84. The summed E-state index contributed by atoms with van der Waals surface area (Å²) in [5.74, 6) is 0.333. The number of hydrogen-bond donors (Lipinski definition) is 0. The monoisotopic (exact) mass is 400 g/mol. The minimum Gasteiger partial charge on any atom is -0.493 e. The van der Waals surface area contributed by atoms with E-state index in [0.717, 1.165) is 0 Å². The van der Waals surface area contributed by atoms with Crippen LogP contribution in [0.4, 0.5) is 4.39 Å². The molecular formula is C21H21FN2O5. The van der Waals surface area contributed by atoms with Crippen molar-refractivity contribution in [3.8, 4) is 22.9 Å². The molecule has 0 saturated carbocycles. The Balaban J connectivity index is 1.74. The number of esters is 1. The van der Waals surface area contributed by atoms with E-state index < -0.39 is 12.1 Å². The summed E-state index contributed by atoms with van der Waals surface area (Å²) in [4.78, 5) is 16.7. The first-order valence-electron chi connectivity index (χ1n) is 9.04. The second kappa shape index (κ2) is 8.72. The number of methoxy groups -OCH3 is 1. The van der Waals surface area contributed by atoms with Gasteiger partial charge < -0.3 is 18.7 Å². The number of aromatic nitrogens is 2. The highest BCUT2D eigenvalue weighted by molar-refractivity contribution is 5.90. The van der Waals surface area contributed by atoms with Crippen LogP contribution in [0.2, 0.25) is 0 Å². The van der Waals surface area contributed by atoms with E-state index in [1.165, 1.54) is 13.2 Å². The Morgan fingerprint density at radius 3 is 2.69 bits per heavy atom. The molecule has 152 valence electrons. The van der Waals surface area contributed by atoms with Gasteiger partial charge in [-0.3, -0.25) is 0 Å². The van der Waals surface area contributed by atoms with E-state index in [2.05, 4.69) is 10.1 Å². The van der Waals surface area contributed by atoms with E-state index in [4.69, 9.17) is 18.7 Å². The van der Waals surface area contributed by atoms with E-state index in [1.54, 1.807) is 44.2 Å². The molecule has 0 N–H and O–H groups in total. The molecule has 1 atom stereocenters. The smallest absolute Gasteiger partial charge is 0.339 e. The molecule has 0 spiro atoms. The number of aryl methyl sites for hydroxylation is 1. The van der Waals surface area contributed by atoms with Crippen LogP contribution in [0.3, 0.4) is 0 Å². The van der Waals surface area contributed by atoms with Gasteiger partial charge in [-0.15, -0.1) is 0 Å². The van der Waals surface area contributed by atoms with Gasteiger partial charge in [0.05, 0.1) is 19.3 Å². The number of halogens is 1. The molecule has 1 heterocycles. The summed E-state index contributed by atoms with van der Waals surface area (Å²) in [5.41, 5.74) is 1.28. The highest BCUT2D eigenvalue weighted by Gasteiger charge is 2.21. The Morgan fingerprint density at radius 1 is 1.21 bits per heavy atom. The predicted molar refractivity (Wildman–Crippen MR) is 102 cm³/mol. The third kappa shape index (κ3) is 4.53. The van der Waals surface area contributed by atoms with Crippen LogP contribution in [-0.2, 0) is 4.74 Å². The molecule has 0 bridgehead atoms. The van der Waals surface area contributed by atoms with Crippen LogP contribution < -0.4 is 9.47 Å². The lowest BCUT2D eigenvalue weighted by atomic mass is 10.1. The largest absolute Gasteiger partial charge is 0.493 e. The topological polar surface area (TPSA) is 83.7 Å².